The molecule has 4 heterocycles. The van der Waals surface area contributed by atoms with Crippen LogP contribution in [0.4, 0.5) is 0 Å². The number of amides is 1. The molecule has 0 aromatic carbocycles. The molecule has 1 amide bonds. The lowest BCUT2D eigenvalue weighted by atomic mass is 9.97. The van der Waals surface area contributed by atoms with E-state index >= 15 is 0 Å². The van der Waals surface area contributed by atoms with E-state index in [4.69, 9.17) is 9.72 Å². The highest BCUT2D eigenvalue weighted by Crippen LogP contribution is 2.36. The van der Waals surface area contributed by atoms with E-state index in [9.17, 15) is 9.59 Å². The number of aromatic nitrogens is 2. The third-order valence-corrected chi connectivity index (χ3v) is 9.72. The van der Waals surface area contributed by atoms with Gasteiger partial charge in [0, 0.05) is 24.1 Å². The predicted octanol–water partition coefficient (Wildman–Crippen LogP) is 4.79. The van der Waals surface area contributed by atoms with Gasteiger partial charge in [0.25, 0.3) is 5.56 Å². The summed E-state index contributed by atoms with van der Waals surface area (Å²) < 4.78 is 7.70. The second-order valence-electron chi connectivity index (χ2n) is 9.69. The number of piperidine rings is 1. The van der Waals surface area contributed by atoms with Crippen LogP contribution in [0.5, 0.6) is 0 Å². The maximum atomic E-state index is 13.8. The van der Waals surface area contributed by atoms with Gasteiger partial charge in [-0.2, -0.15) is 0 Å². The number of nitrogens with zero attached hydrogens (tertiary/aromatic N) is 3. The van der Waals surface area contributed by atoms with Crippen LogP contribution in [0.3, 0.4) is 0 Å². The van der Waals surface area contributed by atoms with Crippen molar-refractivity contribution >= 4 is 39.2 Å². The van der Waals surface area contributed by atoms with Crippen molar-refractivity contribution in [2.45, 2.75) is 107 Å². The monoisotopic (exact) mass is 489 g/mol. The Hall–Kier alpha value is -1.38. The summed E-state index contributed by atoms with van der Waals surface area (Å²) in [4.78, 5) is 36.5. The van der Waals surface area contributed by atoms with Crippen molar-refractivity contribution in [2.24, 2.45) is 0 Å². The lowest BCUT2D eigenvalue weighted by Gasteiger charge is -2.36. The molecule has 0 radical (unpaired) electrons. The van der Waals surface area contributed by atoms with E-state index in [0.717, 1.165) is 74.7 Å². The molecule has 3 aliphatic rings. The van der Waals surface area contributed by atoms with E-state index < -0.39 is 0 Å². The van der Waals surface area contributed by atoms with Crippen molar-refractivity contribution in [3.05, 3.63) is 20.8 Å². The van der Waals surface area contributed by atoms with Gasteiger partial charge in [0.05, 0.1) is 23.3 Å². The van der Waals surface area contributed by atoms with Crippen molar-refractivity contribution in [3.63, 3.8) is 0 Å². The third-order valence-electron chi connectivity index (χ3n) is 7.46. The normalized spacial score (nSPS) is 24.2. The Morgan fingerprint density at radius 3 is 2.85 bits per heavy atom. The minimum Gasteiger partial charge on any atom is -0.376 e. The zero-order valence-electron chi connectivity index (χ0n) is 19.8. The summed E-state index contributed by atoms with van der Waals surface area (Å²) in [7, 11) is 0. The number of thiophene rings is 1. The molecule has 0 bridgehead atoms. The standard InChI is InChI=1S/C25H35N3O3S2/c1-3-17-9-6-7-13-27(17)23(29)16(2)32-25-26-22-21(19-11-4-5-12-20(19)33-22)24(30)28(25)15-18-10-8-14-31-18/h16-18H,3-15H2,1-2H3. The summed E-state index contributed by atoms with van der Waals surface area (Å²) in [6.45, 7) is 6.27. The first-order valence-electron chi connectivity index (χ1n) is 12.7. The molecule has 5 rings (SSSR count). The molecule has 1 aliphatic carbocycles. The van der Waals surface area contributed by atoms with E-state index in [0.29, 0.717) is 17.7 Å². The Balaban J connectivity index is 1.49. The SMILES string of the molecule is CCC1CCCCN1C(=O)C(C)Sc1nc2sc3c(c2c(=O)n1CC1CCCO1)CCCC3. The maximum Gasteiger partial charge on any atom is 0.263 e. The summed E-state index contributed by atoms with van der Waals surface area (Å²) in [6, 6.07) is 0.336. The van der Waals surface area contributed by atoms with Gasteiger partial charge in [-0.1, -0.05) is 18.7 Å². The average molecular weight is 490 g/mol. The molecule has 3 atom stereocenters. The molecular weight excluding hydrogens is 454 g/mol. The minimum atomic E-state index is -0.271. The van der Waals surface area contributed by atoms with Gasteiger partial charge in [-0.3, -0.25) is 14.2 Å². The van der Waals surface area contributed by atoms with Crippen LogP contribution < -0.4 is 5.56 Å². The first-order chi connectivity index (χ1) is 16.1. The molecule has 0 spiro atoms. The highest BCUT2D eigenvalue weighted by atomic mass is 32.2. The molecule has 8 heteroatoms. The van der Waals surface area contributed by atoms with Crippen LogP contribution in [-0.2, 0) is 28.9 Å². The molecule has 2 aromatic heterocycles. The molecule has 33 heavy (non-hydrogen) atoms. The van der Waals surface area contributed by atoms with Crippen LogP contribution in [0.2, 0.25) is 0 Å². The van der Waals surface area contributed by atoms with Gasteiger partial charge >= 0.3 is 0 Å². The van der Waals surface area contributed by atoms with Crippen molar-refractivity contribution in [1.29, 1.82) is 0 Å². The number of fused-ring (bicyclic) bond motifs is 3. The largest absolute Gasteiger partial charge is 0.376 e. The van der Waals surface area contributed by atoms with E-state index in [1.54, 1.807) is 11.3 Å². The maximum absolute atomic E-state index is 13.8. The number of hydrogen-bond acceptors (Lipinski definition) is 6. The molecule has 2 saturated heterocycles. The Kier molecular flexibility index (Phi) is 7.14. The second kappa shape index (κ2) is 10.1. The summed E-state index contributed by atoms with van der Waals surface area (Å²) in [5.74, 6) is 0.176. The number of carbonyl (C=O) groups is 1. The molecule has 180 valence electrons. The van der Waals surface area contributed by atoms with Crippen LogP contribution in [-0.4, -0.2) is 50.9 Å². The minimum absolute atomic E-state index is 0.0494. The van der Waals surface area contributed by atoms with Crippen molar-refractivity contribution in [3.8, 4) is 0 Å². The van der Waals surface area contributed by atoms with Crippen LogP contribution in [0.15, 0.2) is 9.95 Å². The lowest BCUT2D eigenvalue weighted by Crippen LogP contribution is -2.46. The van der Waals surface area contributed by atoms with Gasteiger partial charge in [-0.25, -0.2) is 4.98 Å². The molecule has 0 N–H and O–H groups in total. The third kappa shape index (κ3) is 4.63. The quantitative estimate of drug-likeness (QED) is 0.431. The topological polar surface area (TPSA) is 64.4 Å². The summed E-state index contributed by atoms with van der Waals surface area (Å²) in [5.41, 5.74) is 1.28. The first kappa shape index (κ1) is 23.4. The van der Waals surface area contributed by atoms with Crippen molar-refractivity contribution in [2.75, 3.05) is 13.2 Å². The number of aryl methyl sites for hydroxylation is 2. The van der Waals surface area contributed by atoms with Crippen molar-refractivity contribution in [1.82, 2.24) is 14.5 Å². The Bertz CT molecular complexity index is 1070. The van der Waals surface area contributed by atoms with Crippen molar-refractivity contribution < 1.29 is 9.53 Å². The highest BCUT2D eigenvalue weighted by molar-refractivity contribution is 8.00. The molecule has 0 saturated carbocycles. The molecule has 2 fully saturated rings. The Labute approximate surface area is 204 Å². The fourth-order valence-electron chi connectivity index (χ4n) is 5.62. The van der Waals surface area contributed by atoms with Crippen LogP contribution >= 0.6 is 23.1 Å². The molecule has 6 nitrogen and oxygen atoms in total. The lowest BCUT2D eigenvalue weighted by molar-refractivity contribution is -0.134. The second-order valence-corrected chi connectivity index (χ2v) is 12.1. The smallest absolute Gasteiger partial charge is 0.263 e. The fraction of sp³-hybridized carbons (Fsp3) is 0.720. The highest BCUT2D eigenvalue weighted by Gasteiger charge is 2.31. The van der Waals surface area contributed by atoms with Gasteiger partial charge in [0.1, 0.15) is 4.83 Å². The van der Waals surface area contributed by atoms with E-state index in [2.05, 4.69) is 11.8 Å². The predicted molar refractivity (Wildman–Crippen MR) is 134 cm³/mol. The molecule has 2 aliphatic heterocycles. The number of hydrogen-bond donors (Lipinski definition) is 0. The molecular formula is C25H35N3O3S2. The fourth-order valence-corrected chi connectivity index (χ4v) is 7.91. The average Bonchev–Trinajstić information content (AvgIpc) is 3.48. The number of carbonyl (C=O) groups excluding carboxylic acids is 1. The van der Waals surface area contributed by atoms with Gasteiger partial charge in [0.15, 0.2) is 5.16 Å². The zero-order chi connectivity index (χ0) is 22.9. The number of thioether (sulfide) groups is 1. The number of rotatable bonds is 6. The summed E-state index contributed by atoms with van der Waals surface area (Å²) in [5, 5.41) is 1.22. The summed E-state index contributed by atoms with van der Waals surface area (Å²) >= 11 is 3.14. The van der Waals surface area contributed by atoms with E-state index in [-0.39, 0.29) is 22.8 Å². The zero-order valence-corrected chi connectivity index (χ0v) is 21.4. The van der Waals surface area contributed by atoms with Gasteiger partial charge in [-0.15, -0.1) is 11.3 Å². The summed E-state index contributed by atoms with van der Waals surface area (Å²) in [6.07, 6.45) is 10.8. The van der Waals surface area contributed by atoms with Crippen LogP contribution in [0.25, 0.3) is 10.2 Å². The molecule has 2 aromatic rings. The van der Waals surface area contributed by atoms with Crippen LogP contribution in [0.1, 0.15) is 75.7 Å². The Morgan fingerprint density at radius 2 is 2.06 bits per heavy atom. The van der Waals surface area contributed by atoms with E-state index in [1.807, 2.05) is 11.5 Å². The Morgan fingerprint density at radius 1 is 1.21 bits per heavy atom. The van der Waals surface area contributed by atoms with Gasteiger partial charge in [0.2, 0.25) is 5.91 Å². The number of likely N-dealkylation sites (tertiary alicyclic amines) is 1. The number of ether oxygens (including phenoxy) is 1. The first-order valence-corrected chi connectivity index (χ1v) is 14.4. The van der Waals surface area contributed by atoms with Gasteiger partial charge < -0.3 is 9.64 Å². The van der Waals surface area contributed by atoms with E-state index in [1.165, 1.54) is 35.0 Å². The van der Waals surface area contributed by atoms with Gasteiger partial charge in [-0.05, 0) is 76.7 Å². The van der Waals surface area contributed by atoms with Crippen LogP contribution in [0, 0.1) is 0 Å². The molecule has 3 unspecified atom stereocenters.